The smallest absolute Gasteiger partial charge is 0.248 e. The Hall–Kier alpha value is -0.0900. The zero-order valence-electron chi connectivity index (χ0n) is 11.3. The molecule has 3 nitrogen and oxygen atoms in total. The molecule has 0 aromatic heterocycles. The largest absolute Gasteiger partial charge is 0.366 e. The molecule has 1 heterocycles. The second-order valence-corrected chi connectivity index (χ2v) is 7.24. The summed E-state index contributed by atoms with van der Waals surface area (Å²) in [6.45, 7) is 10.0. The van der Waals surface area contributed by atoms with Gasteiger partial charge in [-0.15, -0.1) is 0 Å². The fraction of sp³-hybridized carbons (Fsp3) is 0.923. The van der Waals surface area contributed by atoms with E-state index in [4.69, 9.17) is 4.74 Å². The Balaban J connectivity index is 2.31. The first-order chi connectivity index (χ1) is 7.79. The number of amides is 1. The molecule has 0 N–H and O–H groups in total. The number of ether oxygens (including phenoxy) is 1. The number of rotatable bonds is 3. The number of piperidine rings is 1. The summed E-state index contributed by atoms with van der Waals surface area (Å²) >= 11 is 3.62. The van der Waals surface area contributed by atoms with Gasteiger partial charge in [-0.25, -0.2) is 0 Å². The van der Waals surface area contributed by atoms with Gasteiger partial charge in [0.05, 0.1) is 5.60 Å². The summed E-state index contributed by atoms with van der Waals surface area (Å²) in [6, 6.07) is 0. The fourth-order valence-electron chi connectivity index (χ4n) is 1.98. The molecule has 0 radical (unpaired) electrons. The third-order valence-corrected chi connectivity index (χ3v) is 3.92. The Morgan fingerprint density at radius 2 is 1.94 bits per heavy atom. The number of carbonyl (C=O) groups excluding carboxylic acids is 1. The predicted octanol–water partition coefficient (Wildman–Crippen LogP) is 2.82. The van der Waals surface area contributed by atoms with Crippen LogP contribution in [0.2, 0.25) is 0 Å². The molecule has 1 amide bonds. The van der Waals surface area contributed by atoms with Crippen LogP contribution >= 0.6 is 15.9 Å². The first kappa shape index (κ1) is 15.0. The quantitative estimate of drug-likeness (QED) is 0.750. The number of hydrogen-bond donors (Lipinski definition) is 0. The molecule has 100 valence electrons. The zero-order valence-corrected chi connectivity index (χ0v) is 12.9. The lowest BCUT2D eigenvalue weighted by molar-refractivity contribution is -0.142. The summed E-state index contributed by atoms with van der Waals surface area (Å²) in [5, 5.41) is 0. The Kier molecular flexibility index (Phi) is 5.45. The van der Waals surface area contributed by atoms with E-state index < -0.39 is 0 Å². The van der Waals surface area contributed by atoms with Gasteiger partial charge in [0.15, 0.2) is 0 Å². The van der Waals surface area contributed by atoms with Crippen LogP contribution in [0.5, 0.6) is 0 Å². The van der Waals surface area contributed by atoms with Crippen LogP contribution in [-0.2, 0) is 9.53 Å². The first-order valence-electron chi connectivity index (χ1n) is 6.35. The lowest BCUT2D eigenvalue weighted by Crippen LogP contribution is -2.42. The van der Waals surface area contributed by atoms with Crippen LogP contribution in [0.1, 0.15) is 40.5 Å². The van der Waals surface area contributed by atoms with Crippen molar-refractivity contribution in [2.75, 3.05) is 19.7 Å². The van der Waals surface area contributed by atoms with Crippen molar-refractivity contribution >= 4 is 21.8 Å². The van der Waals surface area contributed by atoms with E-state index in [9.17, 15) is 4.79 Å². The molecule has 1 fully saturated rings. The molecule has 1 saturated heterocycles. The molecular weight excluding hydrogens is 282 g/mol. The maximum absolute atomic E-state index is 11.9. The second-order valence-electron chi connectivity index (χ2n) is 5.80. The molecule has 0 aliphatic carbocycles. The van der Waals surface area contributed by atoms with Crippen molar-refractivity contribution in [2.45, 2.75) is 51.0 Å². The Morgan fingerprint density at radius 3 is 2.35 bits per heavy atom. The van der Waals surface area contributed by atoms with E-state index >= 15 is 0 Å². The van der Waals surface area contributed by atoms with Crippen LogP contribution in [0.3, 0.4) is 0 Å². The highest BCUT2D eigenvalue weighted by atomic mass is 79.9. The van der Waals surface area contributed by atoms with Crippen molar-refractivity contribution in [3.05, 3.63) is 0 Å². The molecule has 0 bridgehead atoms. The molecule has 0 spiro atoms. The minimum Gasteiger partial charge on any atom is -0.366 e. The minimum absolute atomic E-state index is 0.126. The monoisotopic (exact) mass is 305 g/mol. The van der Waals surface area contributed by atoms with Crippen molar-refractivity contribution in [3.63, 3.8) is 0 Å². The molecule has 1 aliphatic heterocycles. The maximum atomic E-state index is 11.9. The molecular formula is C13H24BrNO2. The molecule has 1 aliphatic rings. The van der Waals surface area contributed by atoms with Crippen LogP contribution in [-0.4, -0.2) is 40.9 Å². The SMILES string of the molecule is CC(Br)C1CCN(C(=O)COC(C)(C)C)CC1. The van der Waals surface area contributed by atoms with Gasteiger partial charge in [0.2, 0.25) is 5.91 Å². The molecule has 1 unspecified atom stereocenters. The average molecular weight is 306 g/mol. The van der Waals surface area contributed by atoms with Crippen molar-refractivity contribution < 1.29 is 9.53 Å². The minimum atomic E-state index is -0.238. The fourth-order valence-corrected chi connectivity index (χ4v) is 2.51. The summed E-state index contributed by atoms with van der Waals surface area (Å²) in [5.74, 6) is 0.822. The van der Waals surface area contributed by atoms with Crippen molar-refractivity contribution in [2.24, 2.45) is 5.92 Å². The molecule has 0 aromatic carbocycles. The highest BCUT2D eigenvalue weighted by molar-refractivity contribution is 9.09. The Labute approximate surface area is 113 Å². The van der Waals surface area contributed by atoms with E-state index in [-0.39, 0.29) is 18.1 Å². The highest BCUT2D eigenvalue weighted by Crippen LogP contribution is 2.25. The topological polar surface area (TPSA) is 29.5 Å². The lowest BCUT2D eigenvalue weighted by atomic mass is 9.94. The van der Waals surface area contributed by atoms with Crippen molar-refractivity contribution in [1.82, 2.24) is 4.90 Å². The number of nitrogens with zero attached hydrogens (tertiary/aromatic N) is 1. The van der Waals surface area contributed by atoms with E-state index in [0.29, 0.717) is 10.7 Å². The van der Waals surface area contributed by atoms with Gasteiger partial charge in [0.25, 0.3) is 0 Å². The van der Waals surface area contributed by atoms with Crippen molar-refractivity contribution in [1.29, 1.82) is 0 Å². The van der Waals surface area contributed by atoms with Gasteiger partial charge in [0, 0.05) is 17.9 Å². The van der Waals surface area contributed by atoms with Gasteiger partial charge in [-0.3, -0.25) is 4.79 Å². The van der Waals surface area contributed by atoms with Crippen LogP contribution in [0.25, 0.3) is 0 Å². The normalized spacial score (nSPS) is 20.4. The summed E-state index contributed by atoms with van der Waals surface area (Å²) in [7, 11) is 0. The summed E-state index contributed by atoms with van der Waals surface area (Å²) in [5.41, 5.74) is -0.238. The average Bonchev–Trinajstić information content (AvgIpc) is 2.25. The summed E-state index contributed by atoms with van der Waals surface area (Å²) in [6.07, 6.45) is 2.18. The second kappa shape index (κ2) is 6.19. The lowest BCUT2D eigenvalue weighted by Gasteiger charge is -2.33. The Bertz CT molecular complexity index is 253. The highest BCUT2D eigenvalue weighted by Gasteiger charge is 2.25. The van der Waals surface area contributed by atoms with E-state index in [1.54, 1.807) is 0 Å². The summed E-state index contributed by atoms with van der Waals surface area (Å²) in [4.78, 5) is 14.4. The van der Waals surface area contributed by atoms with E-state index in [2.05, 4.69) is 22.9 Å². The molecule has 0 saturated carbocycles. The van der Waals surface area contributed by atoms with Gasteiger partial charge < -0.3 is 9.64 Å². The predicted molar refractivity (Wildman–Crippen MR) is 73.4 cm³/mol. The van der Waals surface area contributed by atoms with E-state index in [1.165, 1.54) is 0 Å². The standard InChI is InChI=1S/C13H24BrNO2/c1-10(14)11-5-7-15(8-6-11)12(16)9-17-13(2,3)4/h10-11H,5-9H2,1-4H3. The number of halogens is 1. The molecule has 1 rings (SSSR count). The number of likely N-dealkylation sites (tertiary alicyclic amines) is 1. The van der Waals surface area contributed by atoms with Crippen LogP contribution in [0.4, 0.5) is 0 Å². The van der Waals surface area contributed by atoms with Gasteiger partial charge in [-0.05, 0) is 39.5 Å². The number of hydrogen-bond acceptors (Lipinski definition) is 2. The van der Waals surface area contributed by atoms with Gasteiger partial charge >= 0.3 is 0 Å². The summed E-state index contributed by atoms with van der Waals surface area (Å²) < 4.78 is 5.52. The van der Waals surface area contributed by atoms with Gasteiger partial charge in [-0.2, -0.15) is 0 Å². The third-order valence-electron chi connectivity index (χ3n) is 3.17. The van der Waals surface area contributed by atoms with E-state index in [0.717, 1.165) is 25.9 Å². The first-order valence-corrected chi connectivity index (χ1v) is 7.27. The zero-order chi connectivity index (χ0) is 13.1. The van der Waals surface area contributed by atoms with Crippen LogP contribution in [0.15, 0.2) is 0 Å². The van der Waals surface area contributed by atoms with E-state index in [1.807, 2.05) is 25.7 Å². The van der Waals surface area contributed by atoms with Crippen LogP contribution in [0, 0.1) is 5.92 Å². The molecule has 1 atom stereocenters. The number of alkyl halides is 1. The van der Waals surface area contributed by atoms with Gasteiger partial charge in [0.1, 0.15) is 6.61 Å². The van der Waals surface area contributed by atoms with Crippen molar-refractivity contribution in [3.8, 4) is 0 Å². The Morgan fingerprint density at radius 1 is 1.41 bits per heavy atom. The maximum Gasteiger partial charge on any atom is 0.248 e. The molecule has 17 heavy (non-hydrogen) atoms. The number of carbonyl (C=O) groups is 1. The third kappa shape index (κ3) is 5.38. The molecule has 0 aromatic rings. The van der Waals surface area contributed by atoms with Crippen LogP contribution < -0.4 is 0 Å². The van der Waals surface area contributed by atoms with Gasteiger partial charge in [-0.1, -0.05) is 22.9 Å². The molecule has 4 heteroatoms.